The van der Waals surface area contributed by atoms with Crippen molar-refractivity contribution in [2.24, 2.45) is 0 Å². The largest absolute Gasteiger partial charge is 0.279 e. The number of pyridine rings is 2. The maximum absolute atomic E-state index is 12.7. The number of sulfonamides is 1. The van der Waals surface area contributed by atoms with Crippen LogP contribution < -0.4 is 4.72 Å². The van der Waals surface area contributed by atoms with Gasteiger partial charge in [0.1, 0.15) is 14.9 Å². The number of nitrogens with one attached hydrogen (secondary N) is 1. The van der Waals surface area contributed by atoms with Gasteiger partial charge < -0.3 is 0 Å². The number of hydrogen-bond acceptors (Lipinski definition) is 7. The third-order valence-electron chi connectivity index (χ3n) is 3.45. The molecular formula is C17H14ClN3O4S3. The van der Waals surface area contributed by atoms with Crippen LogP contribution in [0, 0.1) is 0 Å². The number of hydrogen-bond donors (Lipinski definition) is 1. The van der Waals surface area contributed by atoms with Crippen LogP contribution in [0.1, 0.15) is 0 Å². The summed E-state index contributed by atoms with van der Waals surface area (Å²) in [5, 5.41) is 1.16. The predicted octanol–water partition coefficient (Wildman–Crippen LogP) is 3.49. The van der Waals surface area contributed by atoms with Crippen LogP contribution in [0.3, 0.4) is 0 Å². The zero-order valence-electron chi connectivity index (χ0n) is 14.4. The van der Waals surface area contributed by atoms with Crippen molar-refractivity contribution in [2.45, 2.75) is 19.8 Å². The molecule has 7 nitrogen and oxygen atoms in total. The normalized spacial score (nSPS) is 11.9. The number of aromatic nitrogens is 2. The average Bonchev–Trinajstić information content (AvgIpc) is 2.61. The van der Waals surface area contributed by atoms with Crippen LogP contribution in [0.15, 0.2) is 80.8 Å². The molecule has 0 saturated carbocycles. The van der Waals surface area contributed by atoms with E-state index in [1.807, 2.05) is 6.07 Å². The molecule has 0 amide bonds. The highest BCUT2D eigenvalue weighted by atomic mass is 35.5. The van der Waals surface area contributed by atoms with Crippen LogP contribution in [0.5, 0.6) is 0 Å². The summed E-state index contributed by atoms with van der Waals surface area (Å²) in [5.74, 6) is 0. The van der Waals surface area contributed by atoms with Crippen LogP contribution >= 0.6 is 23.4 Å². The topological polar surface area (TPSA) is 106 Å². The second-order valence-corrected chi connectivity index (χ2v) is 10.7. The molecule has 0 unspecified atom stereocenters. The molecule has 3 aromatic rings. The van der Waals surface area contributed by atoms with E-state index in [1.54, 1.807) is 24.4 Å². The van der Waals surface area contributed by atoms with Crippen LogP contribution in [0.25, 0.3) is 0 Å². The molecule has 0 saturated heterocycles. The first-order valence-corrected chi connectivity index (χ1v) is 12.3. The van der Waals surface area contributed by atoms with Crippen molar-refractivity contribution in [1.82, 2.24) is 9.97 Å². The molecule has 0 aliphatic carbocycles. The van der Waals surface area contributed by atoms with Gasteiger partial charge in [-0.25, -0.2) is 26.8 Å². The maximum atomic E-state index is 12.7. The Hall–Kier alpha value is -2.14. The Morgan fingerprint density at radius 2 is 1.68 bits per heavy atom. The minimum Gasteiger partial charge on any atom is -0.279 e. The highest BCUT2D eigenvalue weighted by molar-refractivity contribution is 7.99. The number of rotatable bonds is 6. The van der Waals surface area contributed by atoms with E-state index in [0.29, 0.717) is 10.1 Å². The lowest BCUT2D eigenvalue weighted by Crippen LogP contribution is -2.14. The summed E-state index contributed by atoms with van der Waals surface area (Å²) in [6.45, 7) is 0. The second kappa shape index (κ2) is 8.08. The van der Waals surface area contributed by atoms with Crippen molar-refractivity contribution in [3.8, 4) is 0 Å². The molecule has 2 heterocycles. The van der Waals surface area contributed by atoms with Gasteiger partial charge >= 0.3 is 0 Å². The molecule has 0 aliphatic heterocycles. The maximum Gasteiger partial charge on any atom is 0.263 e. The molecule has 3 rings (SSSR count). The predicted molar refractivity (Wildman–Crippen MR) is 108 cm³/mol. The first-order valence-electron chi connectivity index (χ1n) is 7.72. The standard InChI is InChI=1S/C17H14ClN3O4S3/c1-27(22,23)13-5-6-14(18)15(11-13)28(24,25)21-12-7-9-20-17(10-12)26-16-4-2-3-8-19-16/h2-11H,1H3,(H,20,21). The molecular weight excluding hydrogens is 442 g/mol. The quantitative estimate of drug-likeness (QED) is 0.606. The molecule has 146 valence electrons. The SMILES string of the molecule is CS(=O)(=O)c1ccc(Cl)c(S(=O)(=O)Nc2ccnc(Sc3ccccn3)c2)c1. The molecule has 11 heteroatoms. The molecule has 0 spiro atoms. The second-order valence-electron chi connectivity index (χ2n) is 5.62. The fourth-order valence-electron chi connectivity index (χ4n) is 2.17. The summed E-state index contributed by atoms with van der Waals surface area (Å²) in [6.07, 6.45) is 4.09. The van der Waals surface area contributed by atoms with Crippen LogP contribution in [0.2, 0.25) is 5.02 Å². The number of sulfone groups is 1. The van der Waals surface area contributed by atoms with Crippen LogP contribution in [-0.4, -0.2) is 33.1 Å². The molecule has 1 aromatic carbocycles. The highest BCUT2D eigenvalue weighted by Gasteiger charge is 2.21. The van der Waals surface area contributed by atoms with Gasteiger partial charge in [-0.05, 0) is 42.5 Å². The number of benzene rings is 1. The van der Waals surface area contributed by atoms with E-state index in [4.69, 9.17) is 11.6 Å². The summed E-state index contributed by atoms with van der Waals surface area (Å²) in [4.78, 5) is 7.90. The Morgan fingerprint density at radius 3 is 2.36 bits per heavy atom. The molecule has 2 aromatic heterocycles. The highest BCUT2D eigenvalue weighted by Crippen LogP contribution is 2.29. The van der Waals surface area contributed by atoms with E-state index in [2.05, 4.69) is 14.7 Å². The van der Waals surface area contributed by atoms with Gasteiger partial charge in [-0.15, -0.1) is 0 Å². The average molecular weight is 456 g/mol. The number of nitrogens with zero attached hydrogens (tertiary/aromatic N) is 2. The van der Waals surface area contributed by atoms with E-state index >= 15 is 0 Å². The van der Waals surface area contributed by atoms with Crippen molar-refractivity contribution in [3.05, 3.63) is 65.9 Å². The number of anilines is 1. The molecule has 0 aliphatic rings. The van der Waals surface area contributed by atoms with Gasteiger partial charge in [-0.2, -0.15) is 0 Å². The fourth-order valence-corrected chi connectivity index (χ4v) is 5.25. The first kappa shape index (κ1) is 20.6. The third kappa shape index (κ3) is 5.02. The zero-order chi connectivity index (χ0) is 20.4. The Bertz CT molecular complexity index is 1220. The molecule has 0 fully saturated rings. The number of halogens is 1. The van der Waals surface area contributed by atoms with Gasteiger partial charge in [0, 0.05) is 18.6 Å². The molecule has 1 N–H and O–H groups in total. The van der Waals surface area contributed by atoms with Gasteiger partial charge in [0.2, 0.25) is 0 Å². The zero-order valence-corrected chi connectivity index (χ0v) is 17.6. The lowest BCUT2D eigenvalue weighted by atomic mass is 10.4. The van der Waals surface area contributed by atoms with Crippen molar-refractivity contribution in [3.63, 3.8) is 0 Å². The summed E-state index contributed by atoms with van der Waals surface area (Å²) in [5.41, 5.74) is 0.259. The van der Waals surface area contributed by atoms with E-state index in [0.717, 1.165) is 12.3 Å². The summed E-state index contributed by atoms with van der Waals surface area (Å²) in [6, 6.07) is 12.0. The Labute approximate surface area is 172 Å². The van der Waals surface area contributed by atoms with Gasteiger partial charge in [0.25, 0.3) is 10.0 Å². The van der Waals surface area contributed by atoms with Gasteiger partial charge in [0.15, 0.2) is 9.84 Å². The fraction of sp³-hybridized carbons (Fsp3) is 0.0588. The smallest absolute Gasteiger partial charge is 0.263 e. The van der Waals surface area contributed by atoms with Crippen molar-refractivity contribution in [2.75, 3.05) is 11.0 Å². The van der Waals surface area contributed by atoms with Crippen molar-refractivity contribution < 1.29 is 16.8 Å². The van der Waals surface area contributed by atoms with Crippen LogP contribution in [0.4, 0.5) is 5.69 Å². The Kier molecular flexibility index (Phi) is 5.94. The van der Waals surface area contributed by atoms with Gasteiger partial charge in [0.05, 0.1) is 15.6 Å². The van der Waals surface area contributed by atoms with E-state index in [9.17, 15) is 16.8 Å². The van der Waals surface area contributed by atoms with E-state index < -0.39 is 19.9 Å². The minimum absolute atomic E-state index is 0.0861. The molecule has 0 radical (unpaired) electrons. The summed E-state index contributed by atoms with van der Waals surface area (Å²) < 4.78 is 51.3. The first-order chi connectivity index (χ1) is 13.1. The monoisotopic (exact) mass is 455 g/mol. The lowest BCUT2D eigenvalue weighted by molar-refractivity contribution is 0.600. The summed E-state index contributed by atoms with van der Waals surface area (Å²) in [7, 11) is -7.70. The van der Waals surface area contributed by atoms with Gasteiger partial charge in [-0.1, -0.05) is 29.4 Å². The van der Waals surface area contributed by atoms with E-state index in [-0.39, 0.29) is 20.5 Å². The van der Waals surface area contributed by atoms with Crippen LogP contribution in [-0.2, 0) is 19.9 Å². The lowest BCUT2D eigenvalue weighted by Gasteiger charge is -2.11. The molecule has 0 atom stereocenters. The molecule has 28 heavy (non-hydrogen) atoms. The van der Waals surface area contributed by atoms with Crippen molar-refractivity contribution in [1.29, 1.82) is 0 Å². The van der Waals surface area contributed by atoms with Crippen molar-refractivity contribution >= 4 is 48.9 Å². The Morgan fingerprint density at radius 1 is 0.929 bits per heavy atom. The minimum atomic E-state index is -4.12. The third-order valence-corrected chi connectivity index (χ3v) is 7.31. The van der Waals surface area contributed by atoms with E-state index in [1.165, 1.54) is 36.2 Å². The van der Waals surface area contributed by atoms with Gasteiger partial charge in [-0.3, -0.25) is 4.72 Å². The Balaban J connectivity index is 1.90. The summed E-state index contributed by atoms with van der Waals surface area (Å²) >= 11 is 7.27. The molecule has 0 bridgehead atoms.